The van der Waals surface area contributed by atoms with Crippen molar-refractivity contribution in [3.05, 3.63) is 51.3 Å². The molecule has 102 valence electrons. The number of furan rings is 1. The third-order valence-electron chi connectivity index (χ3n) is 2.37. The first-order chi connectivity index (χ1) is 8.86. The summed E-state index contributed by atoms with van der Waals surface area (Å²) in [5.74, 6) is 0.543. The number of hydrogen-bond acceptors (Lipinski definition) is 2. The van der Waals surface area contributed by atoms with E-state index in [-0.39, 0.29) is 16.2 Å². The van der Waals surface area contributed by atoms with E-state index in [4.69, 9.17) is 16.0 Å². The molecule has 2 nitrogen and oxygen atoms in total. The standard InChI is InChI=1S/C12H8BrClF3NO/c13-10-3-1-7(5-9(10)12(15,16)17)18-6-8-2-4-11(14)19-8/h1-5,18H,6H2. The number of anilines is 1. The summed E-state index contributed by atoms with van der Waals surface area (Å²) in [6.07, 6.45) is -4.40. The van der Waals surface area contributed by atoms with Gasteiger partial charge in [0.15, 0.2) is 5.22 Å². The van der Waals surface area contributed by atoms with Crippen LogP contribution in [0.15, 0.2) is 39.2 Å². The number of benzene rings is 1. The molecule has 0 bridgehead atoms. The fraction of sp³-hybridized carbons (Fsp3) is 0.167. The molecule has 19 heavy (non-hydrogen) atoms. The number of nitrogens with one attached hydrogen (secondary N) is 1. The summed E-state index contributed by atoms with van der Waals surface area (Å²) in [4.78, 5) is 0. The highest BCUT2D eigenvalue weighted by atomic mass is 79.9. The molecule has 0 aliphatic heterocycles. The Morgan fingerprint density at radius 2 is 1.95 bits per heavy atom. The Balaban J connectivity index is 2.13. The maximum absolute atomic E-state index is 12.7. The zero-order valence-electron chi connectivity index (χ0n) is 9.39. The molecule has 0 aliphatic rings. The Morgan fingerprint density at radius 1 is 1.21 bits per heavy atom. The van der Waals surface area contributed by atoms with Crippen molar-refractivity contribution in [2.45, 2.75) is 12.7 Å². The lowest BCUT2D eigenvalue weighted by Crippen LogP contribution is -2.07. The van der Waals surface area contributed by atoms with Gasteiger partial charge in [-0.3, -0.25) is 0 Å². The van der Waals surface area contributed by atoms with Gasteiger partial charge in [0.2, 0.25) is 0 Å². The molecule has 7 heteroatoms. The van der Waals surface area contributed by atoms with Crippen LogP contribution in [0.3, 0.4) is 0 Å². The molecule has 0 spiro atoms. The normalized spacial score (nSPS) is 11.6. The first kappa shape index (κ1) is 14.3. The van der Waals surface area contributed by atoms with Gasteiger partial charge < -0.3 is 9.73 Å². The fourth-order valence-corrected chi connectivity index (χ4v) is 2.12. The molecule has 2 aromatic rings. The summed E-state index contributed by atoms with van der Waals surface area (Å²) < 4.78 is 43.2. The Bertz CT molecular complexity index is 583. The van der Waals surface area contributed by atoms with E-state index in [0.717, 1.165) is 6.07 Å². The minimum Gasteiger partial charge on any atom is -0.448 e. The average molecular weight is 355 g/mol. The van der Waals surface area contributed by atoms with Gasteiger partial charge in [0.05, 0.1) is 12.1 Å². The van der Waals surface area contributed by atoms with E-state index >= 15 is 0 Å². The van der Waals surface area contributed by atoms with Crippen molar-refractivity contribution in [3.8, 4) is 0 Å². The SMILES string of the molecule is FC(F)(F)c1cc(NCc2ccc(Cl)o2)ccc1Br. The lowest BCUT2D eigenvalue weighted by molar-refractivity contribution is -0.138. The van der Waals surface area contributed by atoms with Gasteiger partial charge in [-0.2, -0.15) is 13.2 Å². The van der Waals surface area contributed by atoms with Crippen LogP contribution in [0.2, 0.25) is 5.22 Å². The zero-order chi connectivity index (χ0) is 14.0. The van der Waals surface area contributed by atoms with Crippen LogP contribution in [0.5, 0.6) is 0 Å². The topological polar surface area (TPSA) is 25.2 Å². The lowest BCUT2D eigenvalue weighted by Gasteiger charge is -2.12. The molecule has 1 N–H and O–H groups in total. The second kappa shape index (κ2) is 5.46. The summed E-state index contributed by atoms with van der Waals surface area (Å²) >= 11 is 8.48. The molecule has 2 rings (SSSR count). The van der Waals surface area contributed by atoms with E-state index in [1.807, 2.05) is 0 Å². The van der Waals surface area contributed by atoms with Gasteiger partial charge in [0.25, 0.3) is 0 Å². The van der Waals surface area contributed by atoms with E-state index in [9.17, 15) is 13.2 Å². The average Bonchev–Trinajstić information content (AvgIpc) is 2.72. The third kappa shape index (κ3) is 3.67. The highest BCUT2D eigenvalue weighted by Crippen LogP contribution is 2.36. The Hall–Kier alpha value is -1.14. The largest absolute Gasteiger partial charge is 0.448 e. The number of alkyl halides is 3. The summed E-state index contributed by atoms with van der Waals surface area (Å²) in [7, 11) is 0. The minimum atomic E-state index is -4.40. The van der Waals surface area contributed by atoms with Gasteiger partial charge >= 0.3 is 6.18 Å². The van der Waals surface area contributed by atoms with E-state index in [1.54, 1.807) is 18.2 Å². The van der Waals surface area contributed by atoms with E-state index in [1.165, 1.54) is 6.07 Å². The van der Waals surface area contributed by atoms with Crippen molar-refractivity contribution in [1.29, 1.82) is 0 Å². The first-order valence-electron chi connectivity index (χ1n) is 5.21. The molecule has 0 unspecified atom stereocenters. The molecule has 0 saturated carbocycles. The van der Waals surface area contributed by atoms with Crippen molar-refractivity contribution in [2.75, 3.05) is 5.32 Å². The smallest absolute Gasteiger partial charge is 0.417 e. The van der Waals surface area contributed by atoms with Crippen molar-refractivity contribution in [2.24, 2.45) is 0 Å². The zero-order valence-corrected chi connectivity index (χ0v) is 11.7. The van der Waals surface area contributed by atoms with Crippen LogP contribution in [-0.4, -0.2) is 0 Å². The van der Waals surface area contributed by atoms with Gasteiger partial charge in [-0.05, 0) is 41.9 Å². The quantitative estimate of drug-likeness (QED) is 0.806. The predicted octanol–water partition coefficient (Wildman–Crippen LogP) is 5.33. The minimum absolute atomic E-state index is 0.00610. The molecular formula is C12H8BrClF3NO. The maximum atomic E-state index is 12.7. The molecule has 1 heterocycles. The number of hydrogen-bond donors (Lipinski definition) is 1. The Kier molecular flexibility index (Phi) is 4.10. The van der Waals surface area contributed by atoms with Crippen LogP contribution < -0.4 is 5.32 Å². The first-order valence-corrected chi connectivity index (χ1v) is 6.38. The molecule has 1 aromatic heterocycles. The summed E-state index contributed by atoms with van der Waals surface area (Å²) in [6, 6.07) is 7.15. The van der Waals surface area contributed by atoms with Crippen molar-refractivity contribution >= 4 is 33.2 Å². The number of rotatable bonds is 3. The van der Waals surface area contributed by atoms with Crippen molar-refractivity contribution in [3.63, 3.8) is 0 Å². The molecule has 0 aliphatic carbocycles. The van der Waals surface area contributed by atoms with Gasteiger partial charge in [-0.15, -0.1) is 0 Å². The second-order valence-corrected chi connectivity index (χ2v) is 4.98. The summed E-state index contributed by atoms with van der Waals surface area (Å²) in [5, 5.41) is 3.08. The highest BCUT2D eigenvalue weighted by molar-refractivity contribution is 9.10. The van der Waals surface area contributed by atoms with Crippen LogP contribution in [0, 0.1) is 0 Å². The van der Waals surface area contributed by atoms with Crippen molar-refractivity contribution < 1.29 is 17.6 Å². The lowest BCUT2D eigenvalue weighted by atomic mass is 10.2. The molecule has 0 fully saturated rings. The molecule has 0 saturated heterocycles. The molecular weight excluding hydrogens is 346 g/mol. The molecule has 0 atom stereocenters. The molecule has 1 aromatic carbocycles. The maximum Gasteiger partial charge on any atom is 0.417 e. The summed E-state index contributed by atoms with van der Waals surface area (Å²) in [5.41, 5.74) is -0.377. The van der Waals surface area contributed by atoms with E-state index in [0.29, 0.717) is 11.4 Å². The van der Waals surface area contributed by atoms with Gasteiger partial charge in [0.1, 0.15) is 5.76 Å². The molecule has 0 amide bonds. The van der Waals surface area contributed by atoms with Gasteiger partial charge in [-0.25, -0.2) is 0 Å². The third-order valence-corrected chi connectivity index (χ3v) is 3.26. The predicted molar refractivity (Wildman–Crippen MR) is 70.2 cm³/mol. The monoisotopic (exact) mass is 353 g/mol. The van der Waals surface area contributed by atoms with Gasteiger partial charge in [0, 0.05) is 10.2 Å². The van der Waals surface area contributed by atoms with Crippen LogP contribution in [0.25, 0.3) is 0 Å². The number of halogens is 5. The van der Waals surface area contributed by atoms with E-state index < -0.39 is 11.7 Å². The van der Waals surface area contributed by atoms with E-state index in [2.05, 4.69) is 21.2 Å². The van der Waals surface area contributed by atoms with Gasteiger partial charge in [-0.1, -0.05) is 15.9 Å². The second-order valence-electron chi connectivity index (χ2n) is 3.75. The highest BCUT2D eigenvalue weighted by Gasteiger charge is 2.33. The fourth-order valence-electron chi connectivity index (χ4n) is 1.49. The van der Waals surface area contributed by atoms with Crippen LogP contribution in [0.4, 0.5) is 18.9 Å². The molecule has 0 radical (unpaired) electrons. The Morgan fingerprint density at radius 3 is 2.53 bits per heavy atom. The van der Waals surface area contributed by atoms with Crippen molar-refractivity contribution in [1.82, 2.24) is 0 Å². The summed E-state index contributed by atoms with van der Waals surface area (Å²) in [6.45, 7) is 0.256. The van der Waals surface area contributed by atoms with Crippen LogP contribution in [-0.2, 0) is 12.7 Å². The Labute approximate surface area is 120 Å². The van der Waals surface area contributed by atoms with Crippen LogP contribution >= 0.6 is 27.5 Å². The van der Waals surface area contributed by atoms with Crippen LogP contribution in [0.1, 0.15) is 11.3 Å².